The third-order valence-corrected chi connectivity index (χ3v) is 8.03. The first kappa shape index (κ1) is 35.0. The topological polar surface area (TPSA) is 107 Å². The molecule has 0 aliphatic rings. The Morgan fingerprint density at radius 3 is 0.827 bits per heavy atom. The molecule has 0 aliphatic heterocycles. The third kappa shape index (κ3) is 8.83. The molecule has 9 nitrogen and oxygen atoms in total. The van der Waals surface area contributed by atoms with Crippen molar-refractivity contribution in [1.29, 1.82) is 0 Å². The molecule has 0 radical (unpaired) electrons. The van der Waals surface area contributed by atoms with Crippen LogP contribution in [-0.2, 0) is 0 Å². The van der Waals surface area contributed by atoms with Crippen LogP contribution in [-0.4, -0.2) is 18.5 Å². The Hall–Kier alpha value is -6.87. The Morgan fingerprint density at radius 1 is 0.327 bits per heavy atom. The van der Waals surface area contributed by atoms with E-state index in [1.165, 1.54) is 0 Å². The zero-order chi connectivity index (χ0) is 36.6. The molecular weight excluding hydrogens is 660 g/mol. The highest BCUT2D eigenvalue weighted by atomic mass is 16.7. The van der Waals surface area contributed by atoms with E-state index in [4.69, 9.17) is 28.4 Å². The molecule has 0 aromatic heterocycles. The lowest BCUT2D eigenvalue weighted by Gasteiger charge is -2.13. The maximum absolute atomic E-state index is 12.8. The molecule has 6 aromatic rings. The van der Waals surface area contributed by atoms with Crippen molar-refractivity contribution in [1.82, 2.24) is 0 Å². The maximum Gasteiger partial charge on any atom is 0.519 e. The van der Waals surface area contributed by atoms with E-state index in [2.05, 4.69) is 0 Å². The fourth-order valence-electron chi connectivity index (χ4n) is 5.37. The Kier molecular flexibility index (Phi) is 10.6. The van der Waals surface area contributed by atoms with Crippen molar-refractivity contribution in [2.45, 2.75) is 27.7 Å². The van der Waals surface area contributed by atoms with Crippen LogP contribution in [0.2, 0.25) is 0 Å². The molecule has 0 saturated heterocycles. The number of hydrogen-bond acceptors (Lipinski definition) is 9. The minimum Gasteiger partial charge on any atom is -0.395 e. The number of hydrogen-bond donors (Lipinski definition) is 0. The van der Waals surface area contributed by atoms with Gasteiger partial charge in [0, 0.05) is 0 Å². The molecular formula is C43H34O9. The number of ether oxygens (including phenoxy) is 6. The van der Waals surface area contributed by atoms with Crippen LogP contribution in [0.1, 0.15) is 22.3 Å². The summed E-state index contributed by atoms with van der Waals surface area (Å²) in [4.78, 5) is 37.3. The molecule has 6 aromatic carbocycles. The summed E-state index contributed by atoms with van der Waals surface area (Å²) in [5.74, 6) is 2.26. The van der Waals surface area contributed by atoms with Crippen molar-refractivity contribution in [2.24, 2.45) is 0 Å². The van der Waals surface area contributed by atoms with Crippen LogP contribution in [0.4, 0.5) is 14.4 Å². The van der Waals surface area contributed by atoms with Crippen molar-refractivity contribution in [2.75, 3.05) is 0 Å². The van der Waals surface area contributed by atoms with Gasteiger partial charge in [-0.1, -0.05) is 60.7 Å². The molecule has 0 heterocycles. The van der Waals surface area contributed by atoms with Gasteiger partial charge in [-0.25, -0.2) is 14.4 Å². The van der Waals surface area contributed by atoms with Crippen molar-refractivity contribution in [3.05, 3.63) is 156 Å². The predicted octanol–water partition coefficient (Wildman–Crippen LogP) is 11.0. The first-order valence-electron chi connectivity index (χ1n) is 16.3. The van der Waals surface area contributed by atoms with Gasteiger partial charge in [-0.15, -0.1) is 0 Å². The van der Waals surface area contributed by atoms with E-state index in [1.807, 2.05) is 88.4 Å². The minimum absolute atomic E-state index is 0.355. The molecule has 260 valence electrons. The van der Waals surface area contributed by atoms with Gasteiger partial charge in [-0.05, 0) is 145 Å². The van der Waals surface area contributed by atoms with Gasteiger partial charge in [0.05, 0.1) is 0 Å². The predicted molar refractivity (Wildman–Crippen MR) is 196 cm³/mol. The van der Waals surface area contributed by atoms with E-state index >= 15 is 0 Å². The molecule has 52 heavy (non-hydrogen) atoms. The second kappa shape index (κ2) is 15.8. The van der Waals surface area contributed by atoms with Crippen LogP contribution in [0.25, 0.3) is 22.3 Å². The molecule has 0 amide bonds. The van der Waals surface area contributed by atoms with Gasteiger partial charge in [0.25, 0.3) is 0 Å². The quantitative estimate of drug-likeness (QED) is 0.114. The summed E-state index contributed by atoms with van der Waals surface area (Å²) in [5, 5.41) is 0. The lowest BCUT2D eigenvalue weighted by Crippen LogP contribution is -2.15. The third-order valence-electron chi connectivity index (χ3n) is 8.03. The average molecular weight is 695 g/mol. The fourth-order valence-corrected chi connectivity index (χ4v) is 5.37. The zero-order valence-corrected chi connectivity index (χ0v) is 28.9. The van der Waals surface area contributed by atoms with Crippen LogP contribution < -0.4 is 28.4 Å². The summed E-state index contributed by atoms with van der Waals surface area (Å²) in [6.45, 7) is 7.34. The zero-order valence-electron chi connectivity index (χ0n) is 28.9. The smallest absolute Gasteiger partial charge is 0.395 e. The largest absolute Gasteiger partial charge is 0.519 e. The summed E-state index contributed by atoms with van der Waals surface area (Å²) in [6.07, 6.45) is -2.52. The second-order valence-corrected chi connectivity index (χ2v) is 11.9. The van der Waals surface area contributed by atoms with Gasteiger partial charge >= 0.3 is 18.5 Å². The van der Waals surface area contributed by atoms with E-state index in [-0.39, 0.29) is 0 Å². The maximum atomic E-state index is 12.8. The van der Waals surface area contributed by atoms with Crippen LogP contribution in [0, 0.1) is 27.7 Å². The van der Waals surface area contributed by atoms with E-state index in [9.17, 15) is 14.4 Å². The molecule has 0 saturated carbocycles. The first-order valence-corrected chi connectivity index (χ1v) is 16.3. The number of carbonyl (C=O) groups excluding carboxylic acids is 3. The number of para-hydroxylation sites is 2. The van der Waals surface area contributed by atoms with E-state index in [0.717, 1.165) is 44.5 Å². The molecule has 0 unspecified atom stereocenters. The van der Waals surface area contributed by atoms with E-state index < -0.39 is 18.5 Å². The van der Waals surface area contributed by atoms with Crippen molar-refractivity contribution >= 4 is 18.5 Å². The van der Waals surface area contributed by atoms with Crippen molar-refractivity contribution in [3.63, 3.8) is 0 Å². The Bertz CT molecular complexity index is 2090. The minimum atomic E-state index is -0.869. The van der Waals surface area contributed by atoms with E-state index in [0.29, 0.717) is 34.5 Å². The van der Waals surface area contributed by atoms with Crippen LogP contribution in [0.15, 0.2) is 133 Å². The van der Waals surface area contributed by atoms with E-state index in [1.54, 1.807) is 72.8 Å². The van der Waals surface area contributed by atoms with Gasteiger partial charge in [0.15, 0.2) is 0 Å². The molecule has 0 atom stereocenters. The number of aryl methyl sites for hydroxylation is 4. The Labute approximate surface area is 300 Å². The highest BCUT2D eigenvalue weighted by Crippen LogP contribution is 2.32. The average Bonchev–Trinajstić information content (AvgIpc) is 3.12. The second-order valence-electron chi connectivity index (χ2n) is 11.9. The highest BCUT2D eigenvalue weighted by Gasteiger charge is 2.16. The summed E-state index contributed by atoms with van der Waals surface area (Å²) >= 11 is 0. The molecule has 0 spiro atoms. The van der Waals surface area contributed by atoms with Crippen LogP contribution in [0.5, 0.6) is 34.5 Å². The molecule has 6 rings (SSSR count). The molecule has 0 fully saturated rings. The van der Waals surface area contributed by atoms with Gasteiger partial charge in [0.2, 0.25) is 0 Å². The highest BCUT2D eigenvalue weighted by molar-refractivity contribution is 5.74. The van der Waals surface area contributed by atoms with Gasteiger partial charge < -0.3 is 28.4 Å². The van der Waals surface area contributed by atoms with Gasteiger partial charge in [-0.2, -0.15) is 0 Å². The Balaban J connectivity index is 1.05. The lowest BCUT2D eigenvalue weighted by atomic mass is 10.0. The summed E-state index contributed by atoms with van der Waals surface area (Å²) < 4.78 is 32.3. The molecule has 9 heteroatoms. The van der Waals surface area contributed by atoms with Crippen molar-refractivity contribution in [3.8, 4) is 56.8 Å². The standard InChI is InChI=1S/C43H34O9/c1-27-23-31(15-19-37(27)49-41(44)47-35-11-7-5-8-12-35)33-17-21-39(29(3)25-33)51-43(46)52-40-22-18-34(26-30(40)4)32-16-20-38(28(2)24-32)50-42(45)48-36-13-9-6-10-14-36/h5-26H,1-4H3. The fraction of sp³-hybridized carbons (Fsp3) is 0.0930. The monoisotopic (exact) mass is 694 g/mol. The summed E-state index contributed by atoms with van der Waals surface area (Å²) in [7, 11) is 0. The lowest BCUT2D eigenvalue weighted by molar-refractivity contribution is 0.150. The SMILES string of the molecule is Cc1cc(-c2ccc(OC(=O)Oc3ccc(-c4ccc(OC(=O)Oc5ccccc5)c(C)c4)cc3C)c(C)c2)ccc1OC(=O)Oc1ccccc1. The van der Waals surface area contributed by atoms with Gasteiger partial charge in [-0.3, -0.25) is 0 Å². The van der Waals surface area contributed by atoms with Crippen molar-refractivity contribution < 1.29 is 42.8 Å². The Morgan fingerprint density at radius 2 is 0.577 bits per heavy atom. The van der Waals surface area contributed by atoms with Gasteiger partial charge in [0.1, 0.15) is 34.5 Å². The number of carbonyl (C=O) groups is 3. The molecule has 0 aliphatic carbocycles. The number of benzene rings is 6. The van der Waals surface area contributed by atoms with Crippen LogP contribution in [0.3, 0.4) is 0 Å². The molecule has 0 N–H and O–H groups in total. The summed E-state index contributed by atoms with van der Waals surface area (Å²) in [6, 6.07) is 39.1. The first-order chi connectivity index (χ1) is 25.1. The number of rotatable bonds is 8. The summed E-state index contributed by atoms with van der Waals surface area (Å²) in [5.41, 5.74) is 6.47. The molecule has 0 bridgehead atoms. The normalized spacial score (nSPS) is 10.5. The van der Waals surface area contributed by atoms with Crippen LogP contribution >= 0.6 is 0 Å².